The van der Waals surface area contributed by atoms with E-state index < -0.39 is 32.6 Å². The Labute approximate surface area is 154 Å². The first-order valence-electron chi connectivity index (χ1n) is 8.01. The highest BCUT2D eigenvalue weighted by Crippen LogP contribution is 2.21. The number of hydrogen-bond acceptors (Lipinski definition) is 5. The number of H-pyrrole nitrogens is 1. The molecular formula is C16H17FN4O5S. The van der Waals surface area contributed by atoms with Gasteiger partial charge in [-0.25, -0.2) is 12.8 Å². The average molecular weight is 396 g/mol. The largest absolute Gasteiger partial charge is 0.379 e. The zero-order valence-electron chi connectivity index (χ0n) is 14.1. The predicted octanol–water partition coefficient (Wildman–Crippen LogP) is 0.249. The van der Waals surface area contributed by atoms with E-state index in [9.17, 15) is 22.4 Å². The summed E-state index contributed by atoms with van der Waals surface area (Å²) in [5.41, 5.74) is 4.45. The Balaban J connectivity index is 1.76. The highest BCUT2D eigenvalue weighted by atomic mass is 32.2. The predicted molar refractivity (Wildman–Crippen MR) is 91.7 cm³/mol. The normalized spacial score (nSPS) is 15.3. The van der Waals surface area contributed by atoms with Gasteiger partial charge in [-0.1, -0.05) is 0 Å². The first-order chi connectivity index (χ1) is 12.9. The van der Waals surface area contributed by atoms with Crippen molar-refractivity contribution >= 4 is 21.8 Å². The van der Waals surface area contributed by atoms with Crippen LogP contribution in [0.4, 0.5) is 4.39 Å². The van der Waals surface area contributed by atoms with E-state index in [2.05, 4.69) is 15.8 Å². The monoisotopic (exact) mass is 396 g/mol. The summed E-state index contributed by atoms with van der Waals surface area (Å²) >= 11 is 0. The fraction of sp³-hybridized carbons (Fsp3) is 0.250. The van der Waals surface area contributed by atoms with E-state index in [1.165, 1.54) is 6.07 Å². The van der Waals surface area contributed by atoms with Gasteiger partial charge < -0.3 is 9.72 Å². The minimum absolute atomic E-state index is 0.102. The quantitative estimate of drug-likeness (QED) is 0.640. The molecule has 0 spiro atoms. The van der Waals surface area contributed by atoms with Crippen molar-refractivity contribution in [3.63, 3.8) is 0 Å². The van der Waals surface area contributed by atoms with E-state index in [1.807, 2.05) is 0 Å². The standard InChI is InChI=1S/C16H17FN4O5S/c17-12-4-3-11(15(22)19-20-16(23)13-2-1-5-18-13)10-14(12)27(24,25)21-6-8-26-9-7-21/h1-5,10,18H,6-9H2,(H,19,22)(H,20,23). The molecule has 2 amide bonds. The molecule has 1 aliphatic heterocycles. The van der Waals surface area contributed by atoms with Gasteiger partial charge in [-0.3, -0.25) is 20.4 Å². The fourth-order valence-electron chi connectivity index (χ4n) is 2.49. The molecule has 0 saturated carbocycles. The SMILES string of the molecule is O=C(NNC(=O)c1ccc[nH]1)c1ccc(F)c(S(=O)(=O)N2CCOCC2)c1. The van der Waals surface area contributed by atoms with Crippen LogP contribution in [-0.4, -0.2) is 55.8 Å². The van der Waals surface area contributed by atoms with Gasteiger partial charge in [-0.15, -0.1) is 0 Å². The molecule has 0 aliphatic carbocycles. The number of sulfonamides is 1. The summed E-state index contributed by atoms with van der Waals surface area (Å²) in [5, 5.41) is 0. The summed E-state index contributed by atoms with van der Waals surface area (Å²) in [6.45, 7) is 0.631. The van der Waals surface area contributed by atoms with Gasteiger partial charge in [0.2, 0.25) is 10.0 Å². The van der Waals surface area contributed by atoms with Crippen LogP contribution in [0.5, 0.6) is 0 Å². The molecule has 11 heteroatoms. The number of hydrogen-bond donors (Lipinski definition) is 3. The number of aromatic nitrogens is 1. The Hall–Kier alpha value is -2.76. The number of carbonyl (C=O) groups excluding carboxylic acids is 2. The van der Waals surface area contributed by atoms with Gasteiger partial charge in [0, 0.05) is 24.8 Å². The topological polar surface area (TPSA) is 121 Å². The van der Waals surface area contributed by atoms with Crippen LogP contribution in [0.1, 0.15) is 20.8 Å². The number of amides is 2. The second-order valence-corrected chi connectivity index (χ2v) is 7.56. The van der Waals surface area contributed by atoms with Crippen molar-refractivity contribution in [2.24, 2.45) is 0 Å². The molecule has 2 heterocycles. The van der Waals surface area contributed by atoms with Crippen molar-refractivity contribution in [3.8, 4) is 0 Å². The number of rotatable bonds is 4. The fourth-order valence-corrected chi connectivity index (χ4v) is 3.99. The maximum atomic E-state index is 14.1. The molecule has 0 unspecified atom stereocenters. The van der Waals surface area contributed by atoms with E-state index >= 15 is 0 Å². The van der Waals surface area contributed by atoms with Crippen molar-refractivity contribution in [1.29, 1.82) is 0 Å². The summed E-state index contributed by atoms with van der Waals surface area (Å²) in [6.07, 6.45) is 1.54. The maximum absolute atomic E-state index is 14.1. The molecule has 1 aromatic carbocycles. The van der Waals surface area contributed by atoms with Gasteiger partial charge in [0.25, 0.3) is 11.8 Å². The Morgan fingerprint density at radius 1 is 1.11 bits per heavy atom. The molecule has 144 valence electrons. The molecule has 9 nitrogen and oxygen atoms in total. The van der Waals surface area contributed by atoms with Crippen molar-refractivity contribution in [2.75, 3.05) is 26.3 Å². The molecule has 1 saturated heterocycles. The van der Waals surface area contributed by atoms with Gasteiger partial charge in [0.15, 0.2) is 0 Å². The summed E-state index contributed by atoms with van der Waals surface area (Å²) < 4.78 is 45.6. The number of morpholine rings is 1. The lowest BCUT2D eigenvalue weighted by Crippen LogP contribution is -2.42. The highest BCUT2D eigenvalue weighted by molar-refractivity contribution is 7.89. The Morgan fingerprint density at radius 2 is 1.81 bits per heavy atom. The van der Waals surface area contributed by atoms with Gasteiger partial charge >= 0.3 is 0 Å². The molecular weight excluding hydrogens is 379 g/mol. The van der Waals surface area contributed by atoms with Crippen LogP contribution < -0.4 is 10.9 Å². The van der Waals surface area contributed by atoms with E-state index in [0.717, 1.165) is 22.5 Å². The number of halogens is 1. The van der Waals surface area contributed by atoms with Crippen molar-refractivity contribution in [1.82, 2.24) is 20.1 Å². The lowest BCUT2D eigenvalue weighted by Gasteiger charge is -2.26. The van der Waals surface area contributed by atoms with Crippen molar-refractivity contribution < 1.29 is 27.1 Å². The van der Waals surface area contributed by atoms with Crippen LogP contribution >= 0.6 is 0 Å². The number of benzene rings is 1. The molecule has 0 bridgehead atoms. The molecule has 1 aliphatic rings. The average Bonchev–Trinajstić information content (AvgIpc) is 3.21. The first kappa shape index (κ1) is 19.0. The number of nitrogens with zero attached hydrogens (tertiary/aromatic N) is 1. The number of hydrazine groups is 1. The smallest absolute Gasteiger partial charge is 0.286 e. The zero-order chi connectivity index (χ0) is 19.4. The van der Waals surface area contributed by atoms with Gasteiger partial charge in [0.05, 0.1) is 13.2 Å². The second-order valence-electron chi connectivity index (χ2n) is 5.65. The first-order valence-corrected chi connectivity index (χ1v) is 9.45. The van der Waals surface area contributed by atoms with E-state index in [-0.39, 0.29) is 37.6 Å². The van der Waals surface area contributed by atoms with Crippen LogP contribution in [0.25, 0.3) is 0 Å². The Morgan fingerprint density at radius 3 is 2.48 bits per heavy atom. The zero-order valence-corrected chi connectivity index (χ0v) is 14.9. The third kappa shape index (κ3) is 4.15. The second kappa shape index (κ2) is 7.86. The van der Waals surface area contributed by atoms with Crippen LogP contribution in [0, 0.1) is 5.82 Å². The van der Waals surface area contributed by atoms with Crippen LogP contribution in [0.15, 0.2) is 41.4 Å². The third-order valence-corrected chi connectivity index (χ3v) is 5.83. The number of nitrogens with one attached hydrogen (secondary N) is 3. The molecule has 27 heavy (non-hydrogen) atoms. The maximum Gasteiger partial charge on any atom is 0.286 e. The lowest BCUT2D eigenvalue weighted by molar-refractivity contribution is 0.0729. The van der Waals surface area contributed by atoms with Crippen molar-refractivity contribution in [3.05, 3.63) is 53.6 Å². The molecule has 2 aromatic rings. The van der Waals surface area contributed by atoms with Crippen LogP contribution in [-0.2, 0) is 14.8 Å². The number of ether oxygens (including phenoxy) is 1. The molecule has 1 aromatic heterocycles. The lowest BCUT2D eigenvalue weighted by atomic mass is 10.2. The summed E-state index contributed by atoms with van der Waals surface area (Å²) in [7, 11) is -4.11. The van der Waals surface area contributed by atoms with E-state index in [4.69, 9.17) is 4.74 Å². The minimum Gasteiger partial charge on any atom is -0.379 e. The Bertz CT molecular complexity index is 940. The van der Waals surface area contributed by atoms with E-state index in [1.54, 1.807) is 12.3 Å². The molecule has 0 radical (unpaired) electrons. The summed E-state index contributed by atoms with van der Waals surface area (Å²) in [6, 6.07) is 6.08. The van der Waals surface area contributed by atoms with Gasteiger partial charge in [-0.05, 0) is 30.3 Å². The van der Waals surface area contributed by atoms with Crippen molar-refractivity contribution in [2.45, 2.75) is 4.90 Å². The number of aromatic amines is 1. The van der Waals surface area contributed by atoms with Gasteiger partial charge in [0.1, 0.15) is 16.4 Å². The van der Waals surface area contributed by atoms with Crippen LogP contribution in [0.2, 0.25) is 0 Å². The van der Waals surface area contributed by atoms with Gasteiger partial charge in [-0.2, -0.15) is 4.31 Å². The van der Waals surface area contributed by atoms with Crippen LogP contribution in [0.3, 0.4) is 0 Å². The molecule has 3 N–H and O–H groups in total. The number of carbonyl (C=O) groups is 2. The molecule has 3 rings (SSSR count). The third-order valence-electron chi connectivity index (χ3n) is 3.91. The summed E-state index contributed by atoms with van der Waals surface area (Å²) in [5.74, 6) is -2.33. The highest BCUT2D eigenvalue weighted by Gasteiger charge is 2.29. The molecule has 0 atom stereocenters. The minimum atomic E-state index is -4.11. The van der Waals surface area contributed by atoms with E-state index in [0.29, 0.717) is 0 Å². The summed E-state index contributed by atoms with van der Waals surface area (Å²) in [4.78, 5) is 26.1. The Kier molecular flexibility index (Phi) is 5.54. The molecule has 1 fully saturated rings.